The summed E-state index contributed by atoms with van der Waals surface area (Å²) in [6.45, 7) is 2.67. The molecule has 1 aromatic rings. The van der Waals surface area contributed by atoms with E-state index in [2.05, 4.69) is 4.74 Å². The highest BCUT2D eigenvalue weighted by Crippen LogP contribution is 2.31. The largest absolute Gasteiger partial charge is 0.477 e. The lowest BCUT2D eigenvalue weighted by Crippen LogP contribution is -2.30. The van der Waals surface area contributed by atoms with Crippen molar-refractivity contribution in [2.75, 3.05) is 0 Å². The molecule has 110 valence electrons. The van der Waals surface area contributed by atoms with E-state index in [0.717, 1.165) is 0 Å². The molecule has 1 N–H and O–H groups in total. The van der Waals surface area contributed by atoms with Gasteiger partial charge in [0.25, 0.3) is 0 Å². The molecular weight excluding hydrogens is 399 g/mol. The number of rotatable bonds is 3. The molecule has 1 aromatic carbocycles. The number of esters is 1. The van der Waals surface area contributed by atoms with Gasteiger partial charge in [0.2, 0.25) is 17.4 Å². The predicted molar refractivity (Wildman–Crippen MR) is 67.0 cm³/mol. The highest BCUT2D eigenvalue weighted by molar-refractivity contribution is 14.1. The highest BCUT2D eigenvalue weighted by atomic mass is 127. The molecule has 0 fully saturated rings. The summed E-state index contributed by atoms with van der Waals surface area (Å²) in [6.07, 6.45) is 0. The second kappa shape index (κ2) is 5.54. The molecule has 4 nitrogen and oxygen atoms in total. The Bertz CT molecular complexity index is 566. The van der Waals surface area contributed by atoms with E-state index < -0.39 is 49.9 Å². The quantitative estimate of drug-likeness (QED) is 0.209. The zero-order chi connectivity index (χ0) is 15.8. The van der Waals surface area contributed by atoms with Gasteiger partial charge in [0.05, 0.1) is 0 Å². The summed E-state index contributed by atoms with van der Waals surface area (Å²) in [5.74, 6) is -13.4. The number of carboxylic acids is 1. The van der Waals surface area contributed by atoms with Crippen LogP contribution in [0.4, 0.5) is 17.6 Å². The molecule has 0 aromatic heterocycles. The van der Waals surface area contributed by atoms with Gasteiger partial charge in [-0.2, -0.15) is 8.78 Å². The first-order valence-corrected chi connectivity index (χ1v) is 6.06. The van der Waals surface area contributed by atoms with Crippen molar-refractivity contribution < 1.29 is 37.0 Å². The zero-order valence-electron chi connectivity index (χ0n) is 10.1. The van der Waals surface area contributed by atoms with Crippen LogP contribution < -0.4 is 4.74 Å². The number of carboxylic acid groups (broad SMARTS) is 1. The lowest BCUT2D eigenvalue weighted by atomic mass is 10.1. The third-order valence-electron chi connectivity index (χ3n) is 2.12. The van der Waals surface area contributed by atoms with E-state index >= 15 is 0 Å². The van der Waals surface area contributed by atoms with Gasteiger partial charge in [-0.1, -0.05) is 22.6 Å². The number of alkyl halides is 1. The van der Waals surface area contributed by atoms with Gasteiger partial charge in [-0.05, 0) is 13.8 Å². The molecule has 0 heterocycles. The Balaban J connectivity index is 3.45. The zero-order valence-corrected chi connectivity index (χ0v) is 12.2. The van der Waals surface area contributed by atoms with Crippen LogP contribution in [-0.2, 0) is 4.79 Å². The number of aromatic carboxylic acids is 1. The number of carbonyl (C=O) groups excluding carboxylic acids is 1. The predicted octanol–water partition coefficient (Wildman–Crippen LogP) is 3.06. The summed E-state index contributed by atoms with van der Waals surface area (Å²) < 4.78 is 56.7. The van der Waals surface area contributed by atoms with Crippen LogP contribution in [0.3, 0.4) is 0 Å². The third-order valence-corrected chi connectivity index (χ3v) is 2.56. The van der Waals surface area contributed by atoms with Crippen LogP contribution in [0.5, 0.6) is 5.75 Å². The minimum Gasteiger partial charge on any atom is -0.477 e. The first-order valence-electron chi connectivity index (χ1n) is 4.99. The molecule has 0 aliphatic rings. The van der Waals surface area contributed by atoms with Gasteiger partial charge in [0, 0.05) is 0 Å². The van der Waals surface area contributed by atoms with Crippen molar-refractivity contribution in [3.8, 4) is 5.75 Å². The van der Waals surface area contributed by atoms with Crippen molar-refractivity contribution in [2.24, 2.45) is 0 Å². The van der Waals surface area contributed by atoms with E-state index in [9.17, 15) is 27.2 Å². The van der Waals surface area contributed by atoms with E-state index in [4.69, 9.17) is 5.11 Å². The fourth-order valence-electron chi connectivity index (χ4n) is 1.10. The van der Waals surface area contributed by atoms with E-state index in [1.165, 1.54) is 13.8 Å². The van der Waals surface area contributed by atoms with Crippen LogP contribution in [0, 0.1) is 23.3 Å². The van der Waals surface area contributed by atoms with Crippen molar-refractivity contribution in [3.63, 3.8) is 0 Å². The average Bonchev–Trinajstić information content (AvgIpc) is 2.30. The first kappa shape index (κ1) is 16.7. The third kappa shape index (κ3) is 3.02. The molecule has 1 rings (SSSR count). The van der Waals surface area contributed by atoms with Crippen LogP contribution >= 0.6 is 22.6 Å². The minimum absolute atomic E-state index is 1.15. The maximum Gasteiger partial charge on any atom is 0.341 e. The molecule has 9 heteroatoms. The Morgan fingerprint density at radius 1 is 1.05 bits per heavy atom. The fourth-order valence-corrected chi connectivity index (χ4v) is 1.21. The standard InChI is InChI=1S/C11H7F4IO4/c1-11(2,16)10(19)20-8-6(14)4(12)3(9(17)18)5(13)7(8)15/h1-2H3,(H,17,18). The van der Waals surface area contributed by atoms with Crippen LogP contribution in [0.25, 0.3) is 0 Å². The maximum atomic E-state index is 13.5. The van der Waals surface area contributed by atoms with Crippen LogP contribution in [0.15, 0.2) is 0 Å². The van der Waals surface area contributed by atoms with E-state index in [1.54, 1.807) is 22.6 Å². The molecule has 0 radical (unpaired) electrons. The van der Waals surface area contributed by atoms with Crippen LogP contribution in [-0.4, -0.2) is 20.5 Å². The van der Waals surface area contributed by atoms with Gasteiger partial charge in [-0.25, -0.2) is 13.6 Å². The number of hydrogen-bond acceptors (Lipinski definition) is 3. The number of carbonyl (C=O) groups is 2. The number of halogens is 5. The summed E-state index contributed by atoms with van der Waals surface area (Å²) in [4.78, 5) is 22.0. The van der Waals surface area contributed by atoms with Crippen molar-refractivity contribution in [1.82, 2.24) is 0 Å². The van der Waals surface area contributed by atoms with Crippen LogP contribution in [0.1, 0.15) is 24.2 Å². The van der Waals surface area contributed by atoms with E-state index in [1.807, 2.05) is 0 Å². The smallest absolute Gasteiger partial charge is 0.341 e. The molecule has 0 bridgehead atoms. The van der Waals surface area contributed by atoms with E-state index in [-0.39, 0.29) is 0 Å². The SMILES string of the molecule is CC(C)(I)C(=O)Oc1c(F)c(F)c(C(=O)O)c(F)c1F. The van der Waals surface area contributed by atoms with Gasteiger partial charge in [-0.15, -0.1) is 0 Å². The van der Waals surface area contributed by atoms with Gasteiger partial charge in [0.15, 0.2) is 11.6 Å². The fraction of sp³-hybridized carbons (Fsp3) is 0.273. The molecule has 0 atom stereocenters. The molecule has 0 amide bonds. The second-order valence-electron chi connectivity index (χ2n) is 4.13. The Hall–Kier alpha value is -1.39. The Labute approximate surface area is 123 Å². The van der Waals surface area contributed by atoms with Crippen molar-refractivity contribution in [2.45, 2.75) is 17.3 Å². The number of hydrogen-bond donors (Lipinski definition) is 1. The minimum atomic E-state index is -2.19. The summed E-state index contributed by atoms with van der Waals surface area (Å²) in [5.41, 5.74) is -1.80. The molecule has 0 aliphatic carbocycles. The van der Waals surface area contributed by atoms with Gasteiger partial charge >= 0.3 is 11.9 Å². The maximum absolute atomic E-state index is 13.5. The molecule has 20 heavy (non-hydrogen) atoms. The first-order chi connectivity index (χ1) is 8.98. The van der Waals surface area contributed by atoms with Gasteiger partial charge in [-0.3, -0.25) is 4.79 Å². The summed E-state index contributed by atoms with van der Waals surface area (Å²) in [7, 11) is 0. The molecule has 0 aliphatic heterocycles. The lowest BCUT2D eigenvalue weighted by Gasteiger charge is -2.16. The van der Waals surface area contributed by atoms with Gasteiger partial charge in [0.1, 0.15) is 8.99 Å². The topological polar surface area (TPSA) is 63.6 Å². The number of ether oxygens (including phenoxy) is 1. The Morgan fingerprint density at radius 2 is 1.45 bits per heavy atom. The summed E-state index contributed by atoms with van der Waals surface area (Å²) in [6, 6.07) is 0. The Morgan fingerprint density at radius 3 is 1.75 bits per heavy atom. The molecule has 0 saturated carbocycles. The average molecular weight is 406 g/mol. The molecule has 0 saturated heterocycles. The Kier molecular flexibility index (Phi) is 4.62. The van der Waals surface area contributed by atoms with Crippen molar-refractivity contribution in [1.29, 1.82) is 0 Å². The molecule has 0 unspecified atom stereocenters. The molecule has 0 spiro atoms. The lowest BCUT2D eigenvalue weighted by molar-refractivity contribution is -0.136. The van der Waals surface area contributed by atoms with Crippen LogP contribution in [0.2, 0.25) is 0 Å². The molecular formula is C11H7F4IO4. The van der Waals surface area contributed by atoms with Crippen molar-refractivity contribution >= 4 is 34.5 Å². The summed E-state index contributed by atoms with van der Waals surface area (Å²) in [5, 5.41) is 8.48. The highest BCUT2D eigenvalue weighted by Gasteiger charge is 2.34. The van der Waals surface area contributed by atoms with Gasteiger partial charge < -0.3 is 9.84 Å². The second-order valence-corrected chi connectivity index (χ2v) is 6.82. The number of benzene rings is 1. The summed E-state index contributed by atoms with van der Waals surface area (Å²) >= 11 is 1.59. The van der Waals surface area contributed by atoms with Crippen molar-refractivity contribution in [3.05, 3.63) is 28.8 Å². The monoisotopic (exact) mass is 406 g/mol. The van der Waals surface area contributed by atoms with E-state index in [0.29, 0.717) is 0 Å². The normalized spacial score (nSPS) is 11.3.